The summed E-state index contributed by atoms with van der Waals surface area (Å²) in [4.78, 5) is 11.5. The van der Waals surface area contributed by atoms with E-state index in [1.165, 1.54) is 20.2 Å². The number of ether oxygens (including phenoxy) is 2. The van der Waals surface area contributed by atoms with E-state index in [4.69, 9.17) is 14.7 Å². The van der Waals surface area contributed by atoms with E-state index in [2.05, 4.69) is 5.32 Å². The largest absolute Gasteiger partial charge is 0.493 e. The first kappa shape index (κ1) is 14.6. The molecule has 19 heavy (non-hydrogen) atoms. The summed E-state index contributed by atoms with van der Waals surface area (Å²) in [5, 5.41) is 11.4. The van der Waals surface area contributed by atoms with Gasteiger partial charge in [0.2, 0.25) is 0 Å². The van der Waals surface area contributed by atoms with Crippen molar-refractivity contribution in [3.8, 4) is 17.6 Å². The van der Waals surface area contributed by atoms with Crippen LogP contribution in [-0.4, -0.2) is 26.7 Å². The van der Waals surface area contributed by atoms with E-state index in [1.54, 1.807) is 18.2 Å². The van der Waals surface area contributed by atoms with Gasteiger partial charge in [-0.15, -0.1) is 0 Å². The SMILES string of the molecule is CCOc1c(/C=C(/C#N)C(=O)NC)cccc1OC. The summed E-state index contributed by atoms with van der Waals surface area (Å²) in [5.74, 6) is 0.640. The smallest absolute Gasteiger partial charge is 0.261 e. The fourth-order valence-electron chi connectivity index (χ4n) is 1.54. The lowest BCUT2D eigenvalue weighted by Gasteiger charge is -2.12. The molecule has 0 aliphatic carbocycles. The predicted molar refractivity (Wildman–Crippen MR) is 71.8 cm³/mol. The van der Waals surface area contributed by atoms with Gasteiger partial charge in [-0.3, -0.25) is 4.79 Å². The van der Waals surface area contributed by atoms with Gasteiger partial charge in [-0.25, -0.2) is 0 Å². The van der Waals surface area contributed by atoms with Gasteiger partial charge in [0.1, 0.15) is 11.6 Å². The molecule has 1 N–H and O–H groups in total. The monoisotopic (exact) mass is 260 g/mol. The lowest BCUT2D eigenvalue weighted by Crippen LogP contribution is -2.19. The standard InChI is InChI=1S/C14H16N2O3/c1-4-19-13-10(6-5-7-12(13)18-3)8-11(9-15)14(17)16-2/h5-8H,4H2,1-3H3,(H,16,17)/b11-8-. The predicted octanol–water partition coefficient (Wildman–Crippen LogP) is 1.75. The Morgan fingerprint density at radius 1 is 1.53 bits per heavy atom. The number of rotatable bonds is 5. The van der Waals surface area contributed by atoms with Crippen molar-refractivity contribution in [2.45, 2.75) is 6.92 Å². The number of likely N-dealkylation sites (N-methyl/N-ethyl adjacent to an activating group) is 1. The van der Waals surface area contributed by atoms with Crippen molar-refractivity contribution in [1.82, 2.24) is 5.32 Å². The average Bonchev–Trinajstić information content (AvgIpc) is 2.45. The topological polar surface area (TPSA) is 71.3 Å². The first-order valence-corrected chi connectivity index (χ1v) is 5.81. The van der Waals surface area contributed by atoms with Gasteiger partial charge in [-0.05, 0) is 19.1 Å². The molecule has 0 saturated heterocycles. The lowest BCUT2D eigenvalue weighted by molar-refractivity contribution is -0.116. The maximum atomic E-state index is 11.5. The number of para-hydroxylation sites is 1. The maximum Gasteiger partial charge on any atom is 0.261 e. The number of nitrogens with one attached hydrogen (secondary N) is 1. The molecule has 1 rings (SSSR count). The number of carbonyl (C=O) groups is 1. The molecule has 0 atom stereocenters. The Bertz CT molecular complexity index is 530. The fourth-order valence-corrected chi connectivity index (χ4v) is 1.54. The molecule has 0 saturated carbocycles. The van der Waals surface area contributed by atoms with Crippen molar-refractivity contribution in [2.24, 2.45) is 0 Å². The van der Waals surface area contributed by atoms with Crippen molar-refractivity contribution in [3.05, 3.63) is 29.3 Å². The van der Waals surface area contributed by atoms with Gasteiger partial charge < -0.3 is 14.8 Å². The van der Waals surface area contributed by atoms with Crippen LogP contribution in [0.25, 0.3) is 6.08 Å². The van der Waals surface area contributed by atoms with Crippen LogP contribution >= 0.6 is 0 Å². The first-order valence-electron chi connectivity index (χ1n) is 5.81. The number of nitriles is 1. The molecule has 5 nitrogen and oxygen atoms in total. The molecule has 0 radical (unpaired) electrons. The molecule has 1 aromatic rings. The Kier molecular flexibility index (Phi) is 5.42. The van der Waals surface area contributed by atoms with Gasteiger partial charge in [-0.1, -0.05) is 12.1 Å². The molecular weight excluding hydrogens is 244 g/mol. The number of carbonyl (C=O) groups excluding carboxylic acids is 1. The van der Waals surface area contributed by atoms with Crippen molar-refractivity contribution >= 4 is 12.0 Å². The van der Waals surface area contributed by atoms with E-state index < -0.39 is 5.91 Å². The number of hydrogen-bond donors (Lipinski definition) is 1. The molecule has 5 heteroatoms. The Morgan fingerprint density at radius 2 is 2.26 bits per heavy atom. The van der Waals surface area contributed by atoms with Crippen LogP contribution in [0.5, 0.6) is 11.5 Å². The number of amides is 1. The highest BCUT2D eigenvalue weighted by Crippen LogP contribution is 2.32. The summed E-state index contributed by atoms with van der Waals surface area (Å²) in [7, 11) is 3.01. The molecule has 0 aliphatic heterocycles. The van der Waals surface area contributed by atoms with E-state index in [1.807, 2.05) is 13.0 Å². The summed E-state index contributed by atoms with van der Waals surface area (Å²) < 4.78 is 10.7. The number of methoxy groups -OCH3 is 1. The van der Waals surface area contributed by atoms with E-state index in [0.29, 0.717) is 23.7 Å². The van der Waals surface area contributed by atoms with Crippen molar-refractivity contribution in [3.63, 3.8) is 0 Å². The number of hydrogen-bond acceptors (Lipinski definition) is 4. The molecule has 0 heterocycles. The third-order valence-corrected chi connectivity index (χ3v) is 2.41. The van der Waals surface area contributed by atoms with E-state index in [-0.39, 0.29) is 5.57 Å². The lowest BCUT2D eigenvalue weighted by atomic mass is 10.1. The molecule has 0 aromatic heterocycles. The summed E-state index contributed by atoms with van der Waals surface area (Å²) in [6, 6.07) is 7.15. The van der Waals surface area contributed by atoms with Crippen LogP contribution in [-0.2, 0) is 4.79 Å². The van der Waals surface area contributed by atoms with Crippen molar-refractivity contribution < 1.29 is 14.3 Å². The van der Waals surface area contributed by atoms with Gasteiger partial charge in [-0.2, -0.15) is 5.26 Å². The zero-order valence-corrected chi connectivity index (χ0v) is 11.2. The summed E-state index contributed by atoms with van der Waals surface area (Å²) in [6.07, 6.45) is 1.48. The maximum absolute atomic E-state index is 11.5. The Balaban J connectivity index is 3.30. The third-order valence-electron chi connectivity index (χ3n) is 2.41. The van der Waals surface area contributed by atoms with Crippen molar-refractivity contribution in [2.75, 3.05) is 20.8 Å². The minimum Gasteiger partial charge on any atom is -0.493 e. The fraction of sp³-hybridized carbons (Fsp3) is 0.286. The zero-order chi connectivity index (χ0) is 14.3. The van der Waals surface area contributed by atoms with E-state index in [0.717, 1.165) is 0 Å². The van der Waals surface area contributed by atoms with Crippen LogP contribution in [0.2, 0.25) is 0 Å². The number of nitrogens with zero attached hydrogens (tertiary/aromatic N) is 1. The minimum absolute atomic E-state index is 0.0108. The quantitative estimate of drug-likeness (QED) is 0.646. The minimum atomic E-state index is -0.437. The molecule has 0 spiro atoms. The highest BCUT2D eigenvalue weighted by molar-refractivity contribution is 6.01. The van der Waals surface area contributed by atoms with Gasteiger partial charge >= 0.3 is 0 Å². The molecular formula is C14H16N2O3. The second-order valence-corrected chi connectivity index (χ2v) is 3.56. The van der Waals surface area contributed by atoms with Gasteiger partial charge in [0.05, 0.1) is 13.7 Å². The van der Waals surface area contributed by atoms with Crippen LogP contribution in [0.3, 0.4) is 0 Å². The second kappa shape index (κ2) is 7.07. The first-order chi connectivity index (χ1) is 9.17. The molecule has 0 unspecified atom stereocenters. The second-order valence-electron chi connectivity index (χ2n) is 3.56. The normalized spacial score (nSPS) is 10.5. The molecule has 0 fully saturated rings. The van der Waals surface area contributed by atoms with Gasteiger partial charge in [0, 0.05) is 12.6 Å². The summed E-state index contributed by atoms with van der Waals surface area (Å²) in [6.45, 7) is 2.31. The third kappa shape index (κ3) is 3.49. The molecule has 1 aromatic carbocycles. The summed E-state index contributed by atoms with van der Waals surface area (Å²) in [5.41, 5.74) is 0.637. The van der Waals surface area contributed by atoms with Gasteiger partial charge in [0.25, 0.3) is 5.91 Å². The van der Waals surface area contributed by atoms with Crippen molar-refractivity contribution in [1.29, 1.82) is 5.26 Å². The Morgan fingerprint density at radius 3 is 2.79 bits per heavy atom. The summed E-state index contributed by atoms with van der Waals surface area (Å²) >= 11 is 0. The van der Waals surface area contributed by atoms with E-state index in [9.17, 15) is 4.79 Å². The van der Waals surface area contributed by atoms with Gasteiger partial charge in [0.15, 0.2) is 11.5 Å². The average molecular weight is 260 g/mol. The van der Waals surface area contributed by atoms with E-state index >= 15 is 0 Å². The number of benzene rings is 1. The highest BCUT2D eigenvalue weighted by Gasteiger charge is 2.12. The Labute approximate surface area is 112 Å². The molecule has 100 valence electrons. The van der Waals surface area contributed by atoms with Crippen LogP contribution in [0.4, 0.5) is 0 Å². The van der Waals surface area contributed by atoms with Crippen LogP contribution in [0.15, 0.2) is 23.8 Å². The Hall–Kier alpha value is -2.48. The molecule has 0 aliphatic rings. The van der Waals surface area contributed by atoms with Crippen LogP contribution in [0.1, 0.15) is 12.5 Å². The van der Waals surface area contributed by atoms with Crippen LogP contribution in [0, 0.1) is 11.3 Å². The highest BCUT2D eigenvalue weighted by atomic mass is 16.5. The zero-order valence-electron chi connectivity index (χ0n) is 11.2. The van der Waals surface area contributed by atoms with Crippen LogP contribution < -0.4 is 14.8 Å². The molecule has 0 bridgehead atoms. The molecule has 1 amide bonds.